The van der Waals surface area contributed by atoms with E-state index in [9.17, 15) is 0 Å². The third-order valence-corrected chi connectivity index (χ3v) is 3.89. The van der Waals surface area contributed by atoms with Gasteiger partial charge in [-0.3, -0.25) is 0 Å². The quantitative estimate of drug-likeness (QED) is 0.383. The fraction of sp³-hybridized carbons (Fsp3) is 0.846. The van der Waals surface area contributed by atoms with E-state index >= 15 is 0 Å². The van der Waals surface area contributed by atoms with E-state index in [4.69, 9.17) is 0 Å². The molecule has 82 valence electrons. The summed E-state index contributed by atoms with van der Waals surface area (Å²) in [6.45, 7) is 4.59. The number of allylic oxidation sites excluding steroid dienone is 2. The van der Waals surface area contributed by atoms with Crippen LogP contribution in [0.5, 0.6) is 0 Å². The van der Waals surface area contributed by atoms with Crippen LogP contribution in [0.1, 0.15) is 52.4 Å². The van der Waals surface area contributed by atoms with E-state index in [-0.39, 0.29) is 0 Å². The van der Waals surface area contributed by atoms with Gasteiger partial charge in [0.15, 0.2) is 0 Å². The number of rotatable bonds is 3. The largest absolute Gasteiger partial charge is 0.0880 e. The summed E-state index contributed by atoms with van der Waals surface area (Å²) in [7, 11) is 0. The Morgan fingerprint density at radius 2 is 1.79 bits per heavy atom. The minimum atomic E-state index is 0.706. The van der Waals surface area contributed by atoms with Crippen LogP contribution in [-0.2, 0) is 0 Å². The molecule has 0 nitrogen and oxygen atoms in total. The van der Waals surface area contributed by atoms with Gasteiger partial charge in [0.25, 0.3) is 0 Å². The summed E-state index contributed by atoms with van der Waals surface area (Å²) in [5.41, 5.74) is 1.59. The van der Waals surface area contributed by atoms with Crippen molar-refractivity contribution in [2.75, 3.05) is 5.33 Å². The summed E-state index contributed by atoms with van der Waals surface area (Å²) >= 11 is 3.59. The topological polar surface area (TPSA) is 0 Å². The smallest absolute Gasteiger partial charge is 0.0244 e. The van der Waals surface area contributed by atoms with Crippen LogP contribution in [0, 0.1) is 11.8 Å². The molecule has 1 aliphatic rings. The van der Waals surface area contributed by atoms with E-state index in [1.165, 1.54) is 38.5 Å². The van der Waals surface area contributed by atoms with Crippen LogP contribution in [0.4, 0.5) is 0 Å². The Morgan fingerprint density at radius 1 is 1.21 bits per heavy atom. The monoisotopic (exact) mass is 258 g/mol. The molecule has 0 aromatic carbocycles. The van der Waals surface area contributed by atoms with Crippen molar-refractivity contribution in [2.45, 2.75) is 52.4 Å². The Bertz CT molecular complexity index is 174. The minimum absolute atomic E-state index is 0.706. The van der Waals surface area contributed by atoms with E-state index in [2.05, 4.69) is 35.9 Å². The Kier molecular flexibility index (Phi) is 5.84. The molecule has 1 rings (SSSR count). The van der Waals surface area contributed by atoms with Crippen molar-refractivity contribution in [3.05, 3.63) is 11.6 Å². The van der Waals surface area contributed by atoms with Gasteiger partial charge in [0.2, 0.25) is 0 Å². The second-order valence-corrected chi connectivity index (χ2v) is 5.34. The molecule has 0 aromatic rings. The molecule has 0 aliphatic heterocycles. The lowest BCUT2D eigenvalue weighted by Crippen LogP contribution is -2.01. The van der Waals surface area contributed by atoms with E-state index < -0.39 is 0 Å². The molecule has 0 heterocycles. The van der Waals surface area contributed by atoms with Gasteiger partial charge in [0.1, 0.15) is 0 Å². The second kappa shape index (κ2) is 6.66. The van der Waals surface area contributed by atoms with Gasteiger partial charge in [-0.1, -0.05) is 67.1 Å². The summed E-state index contributed by atoms with van der Waals surface area (Å²) in [5, 5.41) is 1.06. The molecular weight excluding hydrogens is 236 g/mol. The number of hydrogen-bond acceptors (Lipinski definition) is 0. The molecule has 0 bridgehead atoms. The molecule has 1 fully saturated rings. The van der Waals surface area contributed by atoms with Crippen molar-refractivity contribution in [3.63, 3.8) is 0 Å². The zero-order valence-corrected chi connectivity index (χ0v) is 11.1. The molecule has 0 atom stereocenters. The van der Waals surface area contributed by atoms with Gasteiger partial charge in [0.05, 0.1) is 0 Å². The SMILES string of the molecule is CC(C)/C(=C\C1CCCCCC1)CBr. The normalized spacial score (nSPS) is 21.3. The summed E-state index contributed by atoms with van der Waals surface area (Å²) in [6.07, 6.45) is 11.2. The Morgan fingerprint density at radius 3 is 2.21 bits per heavy atom. The highest BCUT2D eigenvalue weighted by Gasteiger charge is 2.11. The molecule has 0 radical (unpaired) electrons. The molecule has 1 heteroatoms. The second-order valence-electron chi connectivity index (χ2n) is 4.78. The molecule has 0 aromatic heterocycles. The average Bonchev–Trinajstić information content (AvgIpc) is 2.41. The van der Waals surface area contributed by atoms with Crippen molar-refractivity contribution in [1.29, 1.82) is 0 Å². The lowest BCUT2D eigenvalue weighted by atomic mass is 9.94. The maximum absolute atomic E-state index is 3.59. The first-order valence-corrected chi connectivity index (χ1v) is 7.12. The first-order chi connectivity index (χ1) is 6.74. The van der Waals surface area contributed by atoms with Gasteiger partial charge < -0.3 is 0 Å². The Balaban J connectivity index is 2.52. The summed E-state index contributed by atoms with van der Waals surface area (Å²) in [4.78, 5) is 0. The molecule has 1 aliphatic carbocycles. The van der Waals surface area contributed by atoms with Crippen LogP contribution < -0.4 is 0 Å². The van der Waals surface area contributed by atoms with Gasteiger partial charge >= 0.3 is 0 Å². The third-order valence-electron chi connectivity index (χ3n) is 3.25. The van der Waals surface area contributed by atoms with Crippen LogP contribution in [0.2, 0.25) is 0 Å². The van der Waals surface area contributed by atoms with Crippen molar-refractivity contribution >= 4 is 15.9 Å². The van der Waals surface area contributed by atoms with E-state index in [0.717, 1.165) is 11.2 Å². The molecule has 0 amide bonds. The van der Waals surface area contributed by atoms with Gasteiger partial charge in [-0.15, -0.1) is 0 Å². The fourth-order valence-corrected chi connectivity index (χ4v) is 3.01. The van der Waals surface area contributed by atoms with Crippen molar-refractivity contribution < 1.29 is 0 Å². The molecule has 0 spiro atoms. The minimum Gasteiger partial charge on any atom is -0.0880 e. The van der Waals surface area contributed by atoms with Gasteiger partial charge in [-0.25, -0.2) is 0 Å². The van der Waals surface area contributed by atoms with Crippen molar-refractivity contribution in [1.82, 2.24) is 0 Å². The zero-order chi connectivity index (χ0) is 10.4. The van der Waals surface area contributed by atoms with Crippen LogP contribution in [0.25, 0.3) is 0 Å². The molecule has 14 heavy (non-hydrogen) atoms. The standard InChI is InChI=1S/C13H23Br/c1-11(2)13(10-14)9-12-7-5-3-4-6-8-12/h9,11-12H,3-8,10H2,1-2H3/b13-9-. The van der Waals surface area contributed by atoms with Crippen molar-refractivity contribution in [3.8, 4) is 0 Å². The van der Waals surface area contributed by atoms with Crippen molar-refractivity contribution in [2.24, 2.45) is 11.8 Å². The number of halogens is 1. The molecule has 0 saturated heterocycles. The lowest BCUT2D eigenvalue weighted by Gasteiger charge is -2.14. The highest BCUT2D eigenvalue weighted by Crippen LogP contribution is 2.26. The zero-order valence-electron chi connectivity index (χ0n) is 9.56. The highest BCUT2D eigenvalue weighted by atomic mass is 79.9. The van der Waals surface area contributed by atoms with Crippen LogP contribution >= 0.6 is 15.9 Å². The maximum atomic E-state index is 3.59. The summed E-state index contributed by atoms with van der Waals surface area (Å²) in [6, 6.07) is 0. The predicted molar refractivity (Wildman–Crippen MR) is 67.9 cm³/mol. The number of hydrogen-bond donors (Lipinski definition) is 0. The summed E-state index contributed by atoms with van der Waals surface area (Å²) < 4.78 is 0. The average molecular weight is 259 g/mol. The molecular formula is C13H23Br. The summed E-state index contributed by atoms with van der Waals surface area (Å²) in [5.74, 6) is 1.57. The molecule has 0 unspecified atom stereocenters. The van der Waals surface area contributed by atoms with Crippen LogP contribution in [0.15, 0.2) is 11.6 Å². The van der Waals surface area contributed by atoms with E-state index in [1.54, 1.807) is 5.57 Å². The van der Waals surface area contributed by atoms with Crippen LogP contribution in [0.3, 0.4) is 0 Å². The Labute approximate surface area is 97.3 Å². The van der Waals surface area contributed by atoms with Gasteiger partial charge in [-0.2, -0.15) is 0 Å². The van der Waals surface area contributed by atoms with Crippen LogP contribution in [-0.4, -0.2) is 5.33 Å². The predicted octanol–water partition coefficient (Wildman–Crippen LogP) is 4.93. The van der Waals surface area contributed by atoms with E-state index in [0.29, 0.717) is 5.92 Å². The van der Waals surface area contributed by atoms with E-state index in [1.807, 2.05) is 0 Å². The maximum Gasteiger partial charge on any atom is 0.0244 e. The highest BCUT2D eigenvalue weighted by molar-refractivity contribution is 9.09. The lowest BCUT2D eigenvalue weighted by molar-refractivity contribution is 0.550. The first-order valence-electron chi connectivity index (χ1n) is 6.00. The van der Waals surface area contributed by atoms with Gasteiger partial charge in [-0.05, 0) is 24.7 Å². The third kappa shape index (κ3) is 4.16. The molecule has 1 saturated carbocycles. The number of alkyl halides is 1. The molecule has 0 N–H and O–H groups in total. The Hall–Kier alpha value is 0.220. The fourth-order valence-electron chi connectivity index (χ4n) is 2.17. The van der Waals surface area contributed by atoms with Gasteiger partial charge in [0, 0.05) is 5.33 Å². The first kappa shape index (κ1) is 12.3.